The molecule has 0 saturated carbocycles. The third-order valence-electron chi connectivity index (χ3n) is 5.16. The number of carbonyl (C=O) groups excluding carboxylic acids is 1. The molecule has 0 radical (unpaired) electrons. The first-order valence-electron chi connectivity index (χ1n) is 10.1. The molecule has 0 atom stereocenters. The van der Waals surface area contributed by atoms with Crippen LogP contribution in [0.25, 0.3) is 21.9 Å². The highest BCUT2D eigenvalue weighted by molar-refractivity contribution is 5.96. The van der Waals surface area contributed by atoms with Crippen LogP contribution in [0.5, 0.6) is 11.5 Å². The van der Waals surface area contributed by atoms with Crippen molar-refractivity contribution in [2.24, 2.45) is 7.05 Å². The van der Waals surface area contributed by atoms with E-state index in [0.29, 0.717) is 17.3 Å². The van der Waals surface area contributed by atoms with Crippen molar-refractivity contribution in [3.63, 3.8) is 0 Å². The Kier molecular flexibility index (Phi) is 6.09. The van der Waals surface area contributed by atoms with Crippen LogP contribution in [0.15, 0.2) is 66.9 Å². The number of anilines is 1. The maximum atomic E-state index is 12.8. The Labute approximate surface area is 186 Å². The van der Waals surface area contributed by atoms with Gasteiger partial charge in [-0.05, 0) is 34.0 Å². The molecule has 0 aliphatic heterocycles. The Hall–Kier alpha value is -4.24. The maximum absolute atomic E-state index is 12.8. The van der Waals surface area contributed by atoms with Gasteiger partial charge in [-0.2, -0.15) is 5.10 Å². The molecule has 1 amide bonds. The summed E-state index contributed by atoms with van der Waals surface area (Å²) in [5.41, 5.74) is 2.56. The molecule has 6 heteroatoms. The van der Waals surface area contributed by atoms with E-state index in [1.807, 2.05) is 48.5 Å². The molecule has 0 bridgehead atoms. The van der Waals surface area contributed by atoms with E-state index in [0.717, 1.165) is 27.5 Å². The third kappa shape index (κ3) is 4.42. The number of terminal acetylenes is 1. The second kappa shape index (κ2) is 9.27. The third-order valence-corrected chi connectivity index (χ3v) is 5.16. The van der Waals surface area contributed by atoms with E-state index in [-0.39, 0.29) is 18.9 Å². The summed E-state index contributed by atoms with van der Waals surface area (Å²) < 4.78 is 12.6. The number of methoxy groups -OCH3 is 1. The molecule has 32 heavy (non-hydrogen) atoms. The summed E-state index contributed by atoms with van der Waals surface area (Å²) >= 11 is 0. The molecule has 160 valence electrons. The summed E-state index contributed by atoms with van der Waals surface area (Å²) in [6.07, 6.45) is 7.25. The van der Waals surface area contributed by atoms with E-state index in [2.05, 4.69) is 22.4 Å². The molecule has 0 fully saturated rings. The van der Waals surface area contributed by atoms with Gasteiger partial charge in [0.05, 0.1) is 19.7 Å². The first-order chi connectivity index (χ1) is 15.6. The van der Waals surface area contributed by atoms with Crippen molar-refractivity contribution >= 4 is 22.5 Å². The van der Waals surface area contributed by atoms with Crippen LogP contribution >= 0.6 is 0 Å². The first-order valence-corrected chi connectivity index (χ1v) is 10.1. The van der Waals surface area contributed by atoms with Gasteiger partial charge in [-0.15, -0.1) is 6.42 Å². The predicted octanol–water partition coefficient (Wildman–Crippen LogP) is 4.44. The SMILES string of the molecule is C#CCOc1ccc(-c2cnn(C)c2NC(=O)Cc2ccc3ccccc3c2)cc1OC. The molecule has 3 aromatic carbocycles. The quantitative estimate of drug-likeness (QED) is 0.445. The molecule has 0 unspecified atom stereocenters. The average Bonchev–Trinajstić information content (AvgIpc) is 3.17. The highest BCUT2D eigenvalue weighted by atomic mass is 16.5. The van der Waals surface area contributed by atoms with Crippen LogP contribution < -0.4 is 14.8 Å². The molecule has 1 N–H and O–H groups in total. The Balaban J connectivity index is 1.56. The van der Waals surface area contributed by atoms with Gasteiger partial charge < -0.3 is 14.8 Å². The van der Waals surface area contributed by atoms with Crippen LogP contribution in [0.3, 0.4) is 0 Å². The summed E-state index contributed by atoms with van der Waals surface area (Å²) in [4.78, 5) is 12.8. The second-order valence-corrected chi connectivity index (χ2v) is 7.30. The second-order valence-electron chi connectivity index (χ2n) is 7.30. The highest BCUT2D eigenvalue weighted by Gasteiger charge is 2.16. The molecule has 0 aliphatic rings. The number of nitrogens with one attached hydrogen (secondary N) is 1. The number of carbonyl (C=O) groups is 1. The monoisotopic (exact) mass is 425 g/mol. The minimum atomic E-state index is -0.119. The Morgan fingerprint density at radius 3 is 2.69 bits per heavy atom. The van der Waals surface area contributed by atoms with Gasteiger partial charge in [0.2, 0.25) is 5.91 Å². The Bertz CT molecular complexity index is 1320. The fourth-order valence-electron chi connectivity index (χ4n) is 3.58. The van der Waals surface area contributed by atoms with Crippen molar-refractivity contribution in [3.8, 4) is 35.0 Å². The van der Waals surface area contributed by atoms with Gasteiger partial charge in [0.25, 0.3) is 0 Å². The highest BCUT2D eigenvalue weighted by Crippen LogP contribution is 2.35. The van der Waals surface area contributed by atoms with Crippen LogP contribution in [0, 0.1) is 12.3 Å². The molecule has 1 heterocycles. The molecule has 6 nitrogen and oxygen atoms in total. The average molecular weight is 425 g/mol. The van der Waals surface area contributed by atoms with Crippen molar-refractivity contribution in [1.82, 2.24) is 9.78 Å². The number of hydrogen-bond acceptors (Lipinski definition) is 4. The largest absolute Gasteiger partial charge is 0.493 e. The molecule has 0 saturated heterocycles. The van der Waals surface area contributed by atoms with E-state index < -0.39 is 0 Å². The molecular formula is C26H23N3O3. The zero-order valence-corrected chi connectivity index (χ0v) is 18.0. The Morgan fingerprint density at radius 1 is 1.09 bits per heavy atom. The van der Waals surface area contributed by atoms with Gasteiger partial charge in [0.1, 0.15) is 12.4 Å². The summed E-state index contributed by atoms with van der Waals surface area (Å²) in [7, 11) is 3.36. The van der Waals surface area contributed by atoms with Crippen LogP contribution in [-0.2, 0) is 18.3 Å². The van der Waals surface area contributed by atoms with Crippen LogP contribution in [0.4, 0.5) is 5.82 Å². The first kappa shape index (κ1) is 21.0. The Morgan fingerprint density at radius 2 is 1.91 bits per heavy atom. The fraction of sp³-hybridized carbons (Fsp3) is 0.154. The fourth-order valence-corrected chi connectivity index (χ4v) is 3.58. The van der Waals surface area contributed by atoms with Crippen molar-refractivity contribution in [3.05, 3.63) is 72.4 Å². The molecular weight excluding hydrogens is 402 g/mol. The number of aryl methyl sites for hydroxylation is 1. The van der Waals surface area contributed by atoms with Crippen molar-refractivity contribution in [2.45, 2.75) is 6.42 Å². The normalized spacial score (nSPS) is 10.5. The topological polar surface area (TPSA) is 65.4 Å². The van der Waals surface area contributed by atoms with Gasteiger partial charge in [-0.25, -0.2) is 0 Å². The molecule has 4 aromatic rings. The van der Waals surface area contributed by atoms with E-state index in [9.17, 15) is 4.79 Å². The van der Waals surface area contributed by atoms with Gasteiger partial charge in [0.15, 0.2) is 11.5 Å². The minimum Gasteiger partial charge on any atom is -0.493 e. The number of amides is 1. The standard InChI is InChI=1S/C26H23N3O3/c1-4-13-32-23-12-11-21(16-24(23)31-3)22-17-27-29(2)26(22)28-25(30)15-18-9-10-19-7-5-6-8-20(19)14-18/h1,5-12,14,16-17H,13,15H2,2-3H3,(H,28,30). The van der Waals surface area contributed by atoms with E-state index in [1.165, 1.54) is 0 Å². The summed E-state index contributed by atoms with van der Waals surface area (Å²) in [6, 6.07) is 19.6. The van der Waals surface area contributed by atoms with Crippen molar-refractivity contribution in [1.29, 1.82) is 0 Å². The lowest BCUT2D eigenvalue weighted by Gasteiger charge is -2.12. The molecule has 0 aliphatic carbocycles. The number of nitrogens with zero attached hydrogens (tertiary/aromatic N) is 2. The summed E-state index contributed by atoms with van der Waals surface area (Å²) in [5.74, 6) is 4.03. The van der Waals surface area contributed by atoms with Crippen LogP contribution in [-0.4, -0.2) is 29.4 Å². The number of fused-ring (bicyclic) bond motifs is 1. The summed E-state index contributed by atoms with van der Waals surface area (Å²) in [5, 5.41) is 9.58. The number of aromatic nitrogens is 2. The number of rotatable bonds is 7. The van der Waals surface area contributed by atoms with Crippen LogP contribution in [0.1, 0.15) is 5.56 Å². The van der Waals surface area contributed by atoms with Gasteiger partial charge in [-0.3, -0.25) is 9.48 Å². The smallest absolute Gasteiger partial charge is 0.229 e. The summed E-state index contributed by atoms with van der Waals surface area (Å²) in [6.45, 7) is 0.151. The van der Waals surface area contributed by atoms with E-state index >= 15 is 0 Å². The lowest BCUT2D eigenvalue weighted by Crippen LogP contribution is -2.17. The zero-order valence-electron chi connectivity index (χ0n) is 18.0. The number of hydrogen-bond donors (Lipinski definition) is 1. The van der Waals surface area contributed by atoms with Gasteiger partial charge >= 0.3 is 0 Å². The lowest BCUT2D eigenvalue weighted by molar-refractivity contribution is -0.115. The lowest BCUT2D eigenvalue weighted by atomic mass is 10.0. The van der Waals surface area contributed by atoms with Crippen molar-refractivity contribution in [2.75, 3.05) is 19.0 Å². The maximum Gasteiger partial charge on any atom is 0.229 e. The molecule has 0 spiro atoms. The van der Waals surface area contributed by atoms with E-state index in [4.69, 9.17) is 15.9 Å². The van der Waals surface area contributed by atoms with E-state index in [1.54, 1.807) is 31.1 Å². The minimum absolute atomic E-state index is 0.119. The molecule has 1 aromatic heterocycles. The predicted molar refractivity (Wildman–Crippen MR) is 126 cm³/mol. The molecule has 4 rings (SSSR count). The van der Waals surface area contributed by atoms with Gasteiger partial charge in [-0.1, -0.05) is 54.5 Å². The number of ether oxygens (including phenoxy) is 2. The van der Waals surface area contributed by atoms with Gasteiger partial charge in [0, 0.05) is 12.6 Å². The van der Waals surface area contributed by atoms with Crippen LogP contribution in [0.2, 0.25) is 0 Å². The zero-order chi connectivity index (χ0) is 22.5. The number of benzene rings is 3. The van der Waals surface area contributed by atoms with Crippen molar-refractivity contribution < 1.29 is 14.3 Å².